The Balaban J connectivity index is 2.17. The number of aryl methyl sites for hydroxylation is 1. The number of nitro benzene ring substituents is 1. The van der Waals surface area contributed by atoms with Crippen molar-refractivity contribution >= 4 is 44.7 Å². The van der Waals surface area contributed by atoms with Crippen molar-refractivity contribution in [2.45, 2.75) is 19.9 Å². The number of carbonyl (C=O) groups excluding carboxylic acids is 1. The van der Waals surface area contributed by atoms with Crippen LogP contribution in [0.25, 0.3) is 10.2 Å². The minimum Gasteiger partial charge on any atom is -0.314 e. The summed E-state index contributed by atoms with van der Waals surface area (Å²) in [6, 6.07) is 8.28. The fourth-order valence-corrected chi connectivity index (χ4v) is 3.81. The molecule has 0 aliphatic carbocycles. The fourth-order valence-electron chi connectivity index (χ4n) is 2.54. The molecule has 0 aliphatic rings. The lowest BCUT2D eigenvalue weighted by atomic mass is 10.2. The van der Waals surface area contributed by atoms with Crippen molar-refractivity contribution in [1.29, 1.82) is 0 Å². The number of nitrogens with zero attached hydrogens (tertiary/aromatic N) is 3. The van der Waals surface area contributed by atoms with Crippen molar-refractivity contribution in [2.24, 2.45) is 4.99 Å². The Kier molecular flexibility index (Phi) is 5.15. The molecule has 9 heteroatoms. The van der Waals surface area contributed by atoms with Crippen LogP contribution >= 0.6 is 22.9 Å². The number of benzene rings is 2. The normalized spacial score (nSPS) is 11.9. The number of amides is 1. The molecule has 3 aromatic rings. The topological polar surface area (TPSA) is 77.5 Å². The average Bonchev–Trinajstić information content (AvgIpc) is 2.94. The average molecular weight is 394 g/mol. The van der Waals surface area contributed by atoms with Crippen LogP contribution in [-0.4, -0.2) is 15.4 Å². The molecule has 0 spiro atoms. The van der Waals surface area contributed by atoms with Gasteiger partial charge in [-0.1, -0.05) is 35.9 Å². The van der Waals surface area contributed by atoms with E-state index in [1.807, 2.05) is 6.92 Å². The van der Waals surface area contributed by atoms with Crippen molar-refractivity contribution in [2.75, 3.05) is 0 Å². The predicted octanol–water partition coefficient (Wildman–Crippen LogP) is 4.55. The molecule has 0 aliphatic heterocycles. The summed E-state index contributed by atoms with van der Waals surface area (Å²) in [7, 11) is 0. The third-order valence-electron chi connectivity index (χ3n) is 3.69. The van der Waals surface area contributed by atoms with Crippen molar-refractivity contribution < 1.29 is 14.1 Å². The zero-order valence-electron chi connectivity index (χ0n) is 13.6. The van der Waals surface area contributed by atoms with E-state index in [1.54, 1.807) is 16.7 Å². The van der Waals surface area contributed by atoms with Gasteiger partial charge in [0.15, 0.2) is 4.80 Å². The largest absolute Gasteiger partial charge is 0.314 e. The van der Waals surface area contributed by atoms with Crippen LogP contribution in [0.15, 0.2) is 41.4 Å². The molecule has 26 heavy (non-hydrogen) atoms. The van der Waals surface area contributed by atoms with Crippen LogP contribution < -0.4 is 4.80 Å². The maximum Gasteiger partial charge on any atom is 0.281 e. The van der Waals surface area contributed by atoms with Crippen LogP contribution in [0.2, 0.25) is 5.02 Å². The number of fused-ring (bicyclic) bond motifs is 1. The summed E-state index contributed by atoms with van der Waals surface area (Å²) in [6.07, 6.45) is 0.721. The first-order valence-electron chi connectivity index (χ1n) is 7.73. The highest BCUT2D eigenvalue weighted by Gasteiger charge is 2.17. The molecule has 2 aromatic carbocycles. The number of aromatic nitrogens is 1. The van der Waals surface area contributed by atoms with Gasteiger partial charge in [-0.15, -0.1) is 0 Å². The third kappa shape index (κ3) is 3.38. The summed E-state index contributed by atoms with van der Waals surface area (Å²) in [4.78, 5) is 27.2. The second-order valence-corrected chi connectivity index (χ2v) is 6.88. The lowest BCUT2D eigenvalue weighted by Gasteiger charge is -2.03. The summed E-state index contributed by atoms with van der Waals surface area (Å²) in [6.45, 7) is 2.41. The number of para-hydroxylation sites is 1. The molecule has 0 N–H and O–H groups in total. The number of hydrogen-bond donors (Lipinski definition) is 0. The van der Waals surface area contributed by atoms with E-state index in [0.717, 1.165) is 12.5 Å². The van der Waals surface area contributed by atoms with Crippen LogP contribution in [0.3, 0.4) is 0 Å². The summed E-state index contributed by atoms with van der Waals surface area (Å²) >= 11 is 7.18. The highest BCUT2D eigenvalue weighted by Crippen LogP contribution is 2.24. The van der Waals surface area contributed by atoms with Crippen molar-refractivity contribution in [3.8, 4) is 0 Å². The van der Waals surface area contributed by atoms with Crippen LogP contribution in [0, 0.1) is 15.9 Å². The first-order chi connectivity index (χ1) is 12.4. The van der Waals surface area contributed by atoms with Gasteiger partial charge in [0.25, 0.3) is 11.6 Å². The second-order valence-electron chi connectivity index (χ2n) is 5.46. The summed E-state index contributed by atoms with van der Waals surface area (Å²) in [5, 5.41) is 11.0. The zero-order valence-corrected chi connectivity index (χ0v) is 15.2. The van der Waals surface area contributed by atoms with Gasteiger partial charge in [-0.25, -0.2) is 4.39 Å². The molecule has 3 rings (SSSR count). The first kappa shape index (κ1) is 18.2. The van der Waals surface area contributed by atoms with Crippen molar-refractivity contribution in [1.82, 2.24) is 4.57 Å². The SMILES string of the molecule is CCCn1c(=NC(=O)c2cc([N+](=O)[O-])ccc2Cl)sc2cccc(F)c21. The van der Waals surface area contributed by atoms with Gasteiger partial charge in [0.05, 0.1) is 25.7 Å². The molecule has 0 saturated heterocycles. The lowest BCUT2D eigenvalue weighted by molar-refractivity contribution is -0.384. The van der Waals surface area contributed by atoms with Crippen LogP contribution in [0.5, 0.6) is 0 Å². The van der Waals surface area contributed by atoms with Gasteiger partial charge in [0.1, 0.15) is 5.82 Å². The molecule has 1 aromatic heterocycles. The van der Waals surface area contributed by atoms with Gasteiger partial charge in [-0.05, 0) is 24.6 Å². The minimum atomic E-state index is -0.712. The molecule has 0 atom stereocenters. The molecule has 1 amide bonds. The quantitative estimate of drug-likeness (QED) is 0.481. The van der Waals surface area contributed by atoms with Gasteiger partial charge in [-0.3, -0.25) is 14.9 Å². The number of thiazole rings is 1. The summed E-state index contributed by atoms with van der Waals surface area (Å²) < 4.78 is 16.5. The molecule has 0 saturated carbocycles. The standard InChI is InChI=1S/C17H13ClFN3O3S/c1-2-8-21-15-13(19)4-3-5-14(15)26-17(21)20-16(23)11-9-10(22(24)25)6-7-12(11)18/h3-7,9H,2,8H2,1H3. The Bertz CT molecular complexity index is 1090. The number of non-ortho nitro benzene ring substituents is 1. The van der Waals surface area contributed by atoms with E-state index in [4.69, 9.17) is 11.6 Å². The summed E-state index contributed by atoms with van der Waals surface area (Å²) in [5.41, 5.74) is 0.0645. The maximum atomic E-state index is 14.2. The van der Waals surface area contributed by atoms with Gasteiger partial charge in [0, 0.05) is 18.7 Å². The predicted molar refractivity (Wildman–Crippen MR) is 98.1 cm³/mol. The fraction of sp³-hybridized carbons (Fsp3) is 0.176. The number of rotatable bonds is 4. The highest BCUT2D eigenvalue weighted by atomic mass is 35.5. The highest BCUT2D eigenvalue weighted by molar-refractivity contribution is 7.16. The minimum absolute atomic E-state index is 0.0677. The Morgan fingerprint density at radius 3 is 2.85 bits per heavy atom. The van der Waals surface area contributed by atoms with Crippen LogP contribution in [0.4, 0.5) is 10.1 Å². The third-order valence-corrected chi connectivity index (χ3v) is 5.06. The molecule has 6 nitrogen and oxygen atoms in total. The summed E-state index contributed by atoms with van der Waals surface area (Å²) in [5.74, 6) is -1.11. The Morgan fingerprint density at radius 2 is 2.15 bits per heavy atom. The molecular weight excluding hydrogens is 381 g/mol. The molecule has 0 unspecified atom stereocenters. The number of nitro groups is 1. The molecule has 0 bridgehead atoms. The van der Waals surface area contributed by atoms with Gasteiger partial charge >= 0.3 is 0 Å². The Labute approximate surface area is 156 Å². The van der Waals surface area contributed by atoms with Gasteiger partial charge in [-0.2, -0.15) is 4.99 Å². The monoisotopic (exact) mass is 393 g/mol. The first-order valence-corrected chi connectivity index (χ1v) is 8.92. The zero-order chi connectivity index (χ0) is 18.8. The van der Waals surface area contributed by atoms with Crippen LogP contribution in [0.1, 0.15) is 23.7 Å². The number of hydrogen-bond acceptors (Lipinski definition) is 4. The molecule has 0 radical (unpaired) electrons. The van der Waals surface area contributed by atoms with E-state index in [0.29, 0.717) is 21.6 Å². The lowest BCUT2D eigenvalue weighted by Crippen LogP contribution is -2.17. The van der Waals surface area contributed by atoms with Gasteiger partial charge in [0.2, 0.25) is 0 Å². The van der Waals surface area contributed by atoms with Gasteiger partial charge < -0.3 is 4.57 Å². The Morgan fingerprint density at radius 1 is 1.38 bits per heavy atom. The molecule has 134 valence electrons. The van der Waals surface area contributed by atoms with Crippen molar-refractivity contribution in [3.63, 3.8) is 0 Å². The van der Waals surface area contributed by atoms with E-state index in [2.05, 4.69) is 4.99 Å². The van der Waals surface area contributed by atoms with E-state index < -0.39 is 16.6 Å². The van der Waals surface area contributed by atoms with E-state index in [9.17, 15) is 19.3 Å². The maximum absolute atomic E-state index is 14.2. The molecular formula is C17H13ClFN3O3S. The van der Waals surface area contributed by atoms with Crippen LogP contribution in [-0.2, 0) is 6.54 Å². The number of halogens is 2. The smallest absolute Gasteiger partial charge is 0.281 e. The molecule has 1 heterocycles. The van der Waals surface area contributed by atoms with Crippen molar-refractivity contribution in [3.05, 3.63) is 67.7 Å². The second kappa shape index (κ2) is 7.35. The Hall–Kier alpha value is -2.58. The van der Waals surface area contributed by atoms with E-state index >= 15 is 0 Å². The van der Waals surface area contributed by atoms with E-state index in [-0.39, 0.29) is 16.3 Å². The van der Waals surface area contributed by atoms with E-state index in [1.165, 1.54) is 29.5 Å². The molecule has 0 fully saturated rings. The number of carbonyl (C=O) groups is 1.